The molecule has 1 saturated heterocycles. The number of halogens is 2. The molecule has 10 heteroatoms. The van der Waals surface area contributed by atoms with Crippen LogP contribution >= 0.6 is 11.6 Å². The molecule has 0 spiro atoms. The van der Waals surface area contributed by atoms with Crippen LogP contribution in [0.2, 0.25) is 0 Å². The fraction of sp³-hybridized carbons (Fsp3) is 0.333. The zero-order valence-electron chi connectivity index (χ0n) is 18.6. The van der Waals surface area contributed by atoms with Gasteiger partial charge in [-0.3, -0.25) is 9.79 Å². The molecule has 0 aromatic heterocycles. The molecule has 7 nitrogen and oxygen atoms in total. The van der Waals surface area contributed by atoms with Crippen molar-refractivity contribution in [3.63, 3.8) is 0 Å². The first-order valence-corrected chi connectivity index (χ1v) is 12.9. The number of nitrogens with zero attached hydrogens (tertiary/aromatic N) is 2. The molecule has 1 fully saturated rings. The third-order valence-corrected chi connectivity index (χ3v) is 8.04. The molecule has 2 aromatic rings. The van der Waals surface area contributed by atoms with Crippen LogP contribution in [0.3, 0.4) is 0 Å². The highest BCUT2D eigenvalue weighted by Crippen LogP contribution is 2.39. The lowest BCUT2D eigenvalue weighted by atomic mass is 9.88. The SMILES string of the molecule is Cc1cccc(NC2=CC=NC(S(N)(=O)=O)C2(Cl)C(=O)N2CCC(c3ccc(F)cc3)CC2)c1. The number of aryl methyl sites for hydroxylation is 1. The summed E-state index contributed by atoms with van der Waals surface area (Å²) in [7, 11) is -4.30. The second kappa shape index (κ2) is 9.48. The number of nitrogens with two attached hydrogens (primary N) is 1. The van der Waals surface area contributed by atoms with Gasteiger partial charge in [0.2, 0.25) is 14.9 Å². The highest BCUT2D eigenvalue weighted by Gasteiger charge is 2.56. The summed E-state index contributed by atoms with van der Waals surface area (Å²) in [6.07, 6.45) is 4.07. The average Bonchev–Trinajstić information content (AvgIpc) is 2.80. The number of benzene rings is 2. The fourth-order valence-corrected chi connectivity index (χ4v) is 6.06. The summed E-state index contributed by atoms with van der Waals surface area (Å²) < 4.78 is 38.1. The molecular formula is C24H26ClFN4O3S. The van der Waals surface area contributed by atoms with E-state index in [0.29, 0.717) is 31.6 Å². The van der Waals surface area contributed by atoms with Gasteiger partial charge in [0.25, 0.3) is 5.91 Å². The average molecular weight is 505 g/mol. The van der Waals surface area contributed by atoms with Gasteiger partial charge in [0.1, 0.15) is 5.82 Å². The van der Waals surface area contributed by atoms with Crippen molar-refractivity contribution in [2.75, 3.05) is 18.4 Å². The molecule has 0 saturated carbocycles. The van der Waals surface area contributed by atoms with Gasteiger partial charge in [-0.1, -0.05) is 35.9 Å². The minimum Gasteiger partial charge on any atom is -0.357 e. The highest BCUT2D eigenvalue weighted by atomic mass is 35.5. The van der Waals surface area contributed by atoms with E-state index >= 15 is 0 Å². The van der Waals surface area contributed by atoms with Crippen LogP contribution in [-0.4, -0.2) is 48.8 Å². The largest absolute Gasteiger partial charge is 0.357 e. The molecule has 2 aliphatic heterocycles. The predicted octanol–water partition coefficient (Wildman–Crippen LogP) is 3.51. The summed E-state index contributed by atoms with van der Waals surface area (Å²) in [5.41, 5.74) is 2.83. The Morgan fingerprint density at radius 3 is 2.50 bits per heavy atom. The Kier molecular flexibility index (Phi) is 6.80. The molecule has 0 bridgehead atoms. The van der Waals surface area contributed by atoms with E-state index in [-0.39, 0.29) is 17.4 Å². The zero-order chi connectivity index (χ0) is 24.5. The topological polar surface area (TPSA) is 105 Å². The van der Waals surface area contributed by atoms with E-state index in [1.165, 1.54) is 24.4 Å². The normalized spacial score (nSPS) is 23.5. The summed E-state index contributed by atoms with van der Waals surface area (Å²) in [6.45, 7) is 2.65. The number of primary sulfonamides is 1. The summed E-state index contributed by atoms with van der Waals surface area (Å²) >= 11 is 6.90. The lowest BCUT2D eigenvalue weighted by molar-refractivity contribution is -0.134. The van der Waals surface area contributed by atoms with Gasteiger partial charge in [0.05, 0.1) is 5.70 Å². The monoisotopic (exact) mass is 504 g/mol. The Bertz CT molecular complexity index is 1240. The molecule has 34 heavy (non-hydrogen) atoms. The Balaban J connectivity index is 1.59. The third kappa shape index (κ3) is 4.87. The number of piperidine rings is 1. The quantitative estimate of drug-likeness (QED) is 0.608. The maximum atomic E-state index is 13.8. The van der Waals surface area contributed by atoms with Crippen molar-refractivity contribution < 1.29 is 17.6 Å². The number of rotatable bonds is 5. The van der Waals surface area contributed by atoms with Crippen LogP contribution in [0.1, 0.15) is 29.9 Å². The van der Waals surface area contributed by atoms with E-state index in [1.54, 1.807) is 23.1 Å². The Morgan fingerprint density at radius 2 is 1.88 bits per heavy atom. The summed E-state index contributed by atoms with van der Waals surface area (Å²) in [6, 6.07) is 13.7. The number of sulfonamides is 1. The number of amides is 1. The van der Waals surface area contributed by atoms with Crippen LogP contribution in [0, 0.1) is 12.7 Å². The smallest absolute Gasteiger partial charge is 0.253 e. The van der Waals surface area contributed by atoms with Crippen molar-refractivity contribution in [2.45, 2.75) is 35.9 Å². The van der Waals surface area contributed by atoms with Gasteiger partial charge < -0.3 is 10.2 Å². The number of anilines is 1. The molecule has 180 valence electrons. The molecule has 0 radical (unpaired) electrons. The van der Waals surface area contributed by atoms with Crippen LogP contribution in [-0.2, 0) is 14.8 Å². The Labute approximate surface area is 203 Å². The molecule has 2 aromatic carbocycles. The number of dihydropyridines is 1. The van der Waals surface area contributed by atoms with E-state index in [0.717, 1.165) is 11.1 Å². The van der Waals surface area contributed by atoms with Crippen molar-refractivity contribution in [2.24, 2.45) is 10.1 Å². The maximum Gasteiger partial charge on any atom is 0.253 e. The second-order valence-electron chi connectivity index (χ2n) is 8.64. The molecule has 2 unspecified atom stereocenters. The highest BCUT2D eigenvalue weighted by molar-refractivity contribution is 7.90. The third-order valence-electron chi connectivity index (χ3n) is 6.24. The van der Waals surface area contributed by atoms with Crippen molar-refractivity contribution in [1.82, 2.24) is 4.90 Å². The summed E-state index contributed by atoms with van der Waals surface area (Å²) in [5, 5.41) is 6.89. The predicted molar refractivity (Wildman–Crippen MR) is 132 cm³/mol. The van der Waals surface area contributed by atoms with Gasteiger partial charge in [0, 0.05) is 25.0 Å². The van der Waals surface area contributed by atoms with Gasteiger partial charge in [0.15, 0.2) is 5.37 Å². The van der Waals surface area contributed by atoms with Gasteiger partial charge in [-0.25, -0.2) is 17.9 Å². The molecular weight excluding hydrogens is 479 g/mol. The fourth-order valence-electron chi connectivity index (χ4n) is 4.48. The number of nitrogens with one attached hydrogen (secondary N) is 1. The first-order valence-electron chi connectivity index (χ1n) is 10.9. The number of aliphatic imine (C=N–C) groups is 1. The number of hydrogen-bond donors (Lipinski definition) is 2. The Morgan fingerprint density at radius 1 is 1.21 bits per heavy atom. The van der Waals surface area contributed by atoms with Crippen molar-refractivity contribution in [3.05, 3.63) is 77.2 Å². The van der Waals surface area contributed by atoms with E-state index in [9.17, 15) is 17.6 Å². The molecule has 2 heterocycles. The number of alkyl halides is 1. The maximum absolute atomic E-state index is 13.8. The Hall–Kier alpha value is -2.75. The molecule has 2 atom stereocenters. The lowest BCUT2D eigenvalue weighted by Crippen LogP contribution is -2.59. The van der Waals surface area contributed by atoms with E-state index in [2.05, 4.69) is 10.3 Å². The number of hydrogen-bond acceptors (Lipinski definition) is 5. The standard InChI is InChI=1S/C24H26ClFN4O3S/c1-16-3-2-4-20(15-16)29-21-9-12-28-22(34(27,32)33)24(21,25)23(31)30-13-10-18(11-14-30)17-5-7-19(26)8-6-17/h2-9,12,15,18,22,29H,10-11,13-14H2,1H3,(H2,27,32,33). The van der Waals surface area contributed by atoms with Gasteiger partial charge in [-0.05, 0) is 67.2 Å². The second-order valence-corrected chi connectivity index (χ2v) is 10.9. The zero-order valence-corrected chi connectivity index (χ0v) is 20.2. The minimum atomic E-state index is -4.30. The summed E-state index contributed by atoms with van der Waals surface area (Å²) in [5.74, 6) is -0.712. The van der Waals surface area contributed by atoms with Crippen LogP contribution in [0.25, 0.3) is 0 Å². The van der Waals surface area contributed by atoms with E-state index in [4.69, 9.17) is 16.7 Å². The molecule has 1 amide bonds. The molecule has 4 rings (SSSR count). The van der Waals surface area contributed by atoms with Gasteiger partial charge in [-0.15, -0.1) is 0 Å². The van der Waals surface area contributed by atoms with Crippen molar-refractivity contribution >= 4 is 39.4 Å². The number of allylic oxidation sites excluding steroid dienone is 1. The van der Waals surface area contributed by atoms with Gasteiger partial charge >= 0.3 is 0 Å². The number of carbonyl (C=O) groups is 1. The van der Waals surface area contributed by atoms with Crippen molar-refractivity contribution in [3.8, 4) is 0 Å². The molecule has 2 aliphatic rings. The van der Waals surface area contributed by atoms with Crippen LogP contribution in [0.15, 0.2) is 65.3 Å². The summed E-state index contributed by atoms with van der Waals surface area (Å²) in [4.78, 5) is 17.2. The first-order chi connectivity index (χ1) is 16.1. The minimum absolute atomic E-state index is 0.162. The number of carbonyl (C=O) groups excluding carboxylic acids is 1. The van der Waals surface area contributed by atoms with Crippen molar-refractivity contribution in [1.29, 1.82) is 0 Å². The van der Waals surface area contributed by atoms with E-state index < -0.39 is 26.2 Å². The number of likely N-dealkylation sites (tertiary alicyclic amines) is 1. The van der Waals surface area contributed by atoms with Gasteiger partial charge in [-0.2, -0.15) is 0 Å². The van der Waals surface area contributed by atoms with Crippen LogP contribution in [0.5, 0.6) is 0 Å². The molecule has 3 N–H and O–H groups in total. The lowest BCUT2D eigenvalue weighted by Gasteiger charge is -2.41. The van der Waals surface area contributed by atoms with Crippen LogP contribution in [0.4, 0.5) is 10.1 Å². The first kappa shape index (κ1) is 24.4. The van der Waals surface area contributed by atoms with E-state index in [1.807, 2.05) is 25.1 Å². The van der Waals surface area contributed by atoms with Crippen LogP contribution < -0.4 is 10.5 Å². The molecule has 0 aliphatic carbocycles.